The van der Waals surface area contributed by atoms with Crippen molar-refractivity contribution in [3.8, 4) is 5.75 Å². The summed E-state index contributed by atoms with van der Waals surface area (Å²) in [5.41, 5.74) is 1.63. The molecule has 0 radical (unpaired) electrons. The molecule has 5 rings (SSSR count). The van der Waals surface area contributed by atoms with Gasteiger partial charge >= 0.3 is 12.1 Å². The van der Waals surface area contributed by atoms with E-state index in [2.05, 4.69) is 23.2 Å². The minimum absolute atomic E-state index is 0.0221. The van der Waals surface area contributed by atoms with E-state index in [1.807, 2.05) is 6.92 Å². The summed E-state index contributed by atoms with van der Waals surface area (Å²) in [5, 5.41) is 0. The summed E-state index contributed by atoms with van der Waals surface area (Å²) in [6.07, 6.45) is 2.63. The molecular weight excluding hydrogens is 469 g/mol. The van der Waals surface area contributed by atoms with Gasteiger partial charge in [0.05, 0.1) is 18.6 Å². The number of benzene rings is 1. The van der Waals surface area contributed by atoms with Crippen molar-refractivity contribution in [2.75, 3.05) is 25.1 Å². The maximum atomic E-state index is 13.5. The molecule has 8 heteroatoms. The molecule has 194 valence electrons. The van der Waals surface area contributed by atoms with Crippen LogP contribution in [0.2, 0.25) is 0 Å². The smallest absolute Gasteiger partial charge is 0.419 e. The van der Waals surface area contributed by atoms with Crippen LogP contribution in [0.3, 0.4) is 0 Å². The topological polar surface area (TPSA) is 51.7 Å². The highest BCUT2D eigenvalue weighted by molar-refractivity contribution is 5.73. The largest absolute Gasteiger partial charge is 0.490 e. The summed E-state index contributed by atoms with van der Waals surface area (Å²) in [6, 6.07) is 8.81. The number of hydrogen-bond acceptors (Lipinski definition) is 5. The number of fused-ring (bicyclic) bond motifs is 1. The fourth-order valence-corrected chi connectivity index (χ4v) is 6.06. The van der Waals surface area contributed by atoms with E-state index in [-0.39, 0.29) is 35.6 Å². The molecule has 1 aromatic heterocycles. The van der Waals surface area contributed by atoms with Gasteiger partial charge < -0.3 is 14.4 Å². The Morgan fingerprint density at radius 3 is 2.56 bits per heavy atom. The standard InChI is InChI=1S/C28H33F3N2O3/c1-17(27(34)35-2)25(20-6-7-20)21-8-5-18-9-10-23(36-24(18)16-21)19-11-14-33(15-12-19)26-22(28(29,30)31)4-3-13-32-26/h3-5,8,13,16-17,19-20,23,25H,6-7,9-12,14-15H2,1-2H3/t17-,23?,25-/m0/s1. The molecule has 3 atom stereocenters. The van der Waals surface area contributed by atoms with Gasteiger partial charge in [-0.05, 0) is 85.6 Å². The molecule has 1 saturated heterocycles. The first-order chi connectivity index (χ1) is 17.3. The van der Waals surface area contributed by atoms with E-state index in [1.165, 1.54) is 24.9 Å². The van der Waals surface area contributed by atoms with Crippen LogP contribution in [0.1, 0.15) is 61.6 Å². The van der Waals surface area contributed by atoms with Crippen molar-refractivity contribution in [1.29, 1.82) is 0 Å². The van der Waals surface area contributed by atoms with Gasteiger partial charge in [0.2, 0.25) is 0 Å². The third kappa shape index (κ3) is 5.04. The number of rotatable bonds is 6. The second kappa shape index (κ2) is 9.94. The number of carbonyl (C=O) groups is 1. The first-order valence-electron chi connectivity index (χ1n) is 12.9. The van der Waals surface area contributed by atoms with Crippen LogP contribution in [0.4, 0.5) is 19.0 Å². The highest BCUT2D eigenvalue weighted by Crippen LogP contribution is 2.48. The molecule has 36 heavy (non-hydrogen) atoms. The van der Waals surface area contributed by atoms with Crippen LogP contribution in [-0.2, 0) is 22.1 Å². The second-order valence-corrected chi connectivity index (χ2v) is 10.4. The van der Waals surface area contributed by atoms with Crippen molar-refractivity contribution in [3.05, 3.63) is 53.2 Å². The minimum atomic E-state index is -4.42. The lowest BCUT2D eigenvalue weighted by Gasteiger charge is -2.39. The third-order valence-corrected chi connectivity index (χ3v) is 8.15. The van der Waals surface area contributed by atoms with Gasteiger partial charge in [-0.25, -0.2) is 4.98 Å². The monoisotopic (exact) mass is 502 g/mol. The molecule has 5 nitrogen and oxygen atoms in total. The predicted molar refractivity (Wildman–Crippen MR) is 130 cm³/mol. The number of methoxy groups -OCH3 is 1. The van der Waals surface area contributed by atoms with Crippen molar-refractivity contribution in [1.82, 2.24) is 4.98 Å². The molecule has 0 amide bonds. The van der Waals surface area contributed by atoms with Crippen LogP contribution in [0, 0.1) is 17.8 Å². The SMILES string of the molecule is COC(=O)[C@@H](C)[C@H](c1ccc2c(c1)OC(C1CCN(c3ncccc3C(F)(F)F)CC1)CC2)C1CC1. The number of hydrogen-bond donors (Lipinski definition) is 0. The van der Waals surface area contributed by atoms with Crippen LogP contribution in [0.15, 0.2) is 36.5 Å². The fourth-order valence-electron chi connectivity index (χ4n) is 6.06. The van der Waals surface area contributed by atoms with Gasteiger partial charge in [0.1, 0.15) is 17.7 Å². The molecule has 0 spiro atoms. The molecule has 2 aromatic rings. The number of aryl methyl sites for hydroxylation is 1. The van der Waals surface area contributed by atoms with Crippen LogP contribution in [0.25, 0.3) is 0 Å². The van der Waals surface area contributed by atoms with Crippen LogP contribution in [-0.4, -0.2) is 37.3 Å². The van der Waals surface area contributed by atoms with Crippen molar-refractivity contribution in [3.63, 3.8) is 0 Å². The molecule has 0 bridgehead atoms. The predicted octanol–water partition coefficient (Wildman–Crippen LogP) is 6.01. The molecule has 2 fully saturated rings. The Morgan fingerprint density at radius 1 is 1.14 bits per heavy atom. The number of aromatic nitrogens is 1. The summed E-state index contributed by atoms with van der Waals surface area (Å²) in [5.74, 6) is 1.41. The number of pyridine rings is 1. The van der Waals surface area contributed by atoms with Gasteiger partial charge in [0, 0.05) is 19.3 Å². The van der Waals surface area contributed by atoms with Crippen molar-refractivity contribution >= 4 is 11.8 Å². The van der Waals surface area contributed by atoms with Crippen molar-refractivity contribution in [2.45, 2.75) is 63.6 Å². The Balaban J connectivity index is 1.27. The molecule has 1 aromatic carbocycles. The van der Waals surface area contributed by atoms with E-state index >= 15 is 0 Å². The Bertz CT molecular complexity index is 1090. The molecule has 0 N–H and O–H groups in total. The first kappa shape index (κ1) is 24.9. The van der Waals surface area contributed by atoms with Gasteiger partial charge in [-0.15, -0.1) is 0 Å². The minimum Gasteiger partial charge on any atom is -0.490 e. The molecule has 3 aliphatic rings. The summed E-state index contributed by atoms with van der Waals surface area (Å²) >= 11 is 0. The second-order valence-electron chi connectivity index (χ2n) is 10.4. The molecule has 1 unspecified atom stereocenters. The highest BCUT2D eigenvalue weighted by atomic mass is 19.4. The number of anilines is 1. The molecule has 1 saturated carbocycles. The van der Waals surface area contributed by atoms with Gasteiger partial charge in [-0.2, -0.15) is 13.2 Å². The van der Waals surface area contributed by atoms with E-state index in [9.17, 15) is 18.0 Å². The highest BCUT2D eigenvalue weighted by Gasteiger charge is 2.40. The van der Waals surface area contributed by atoms with Gasteiger partial charge in [0.15, 0.2) is 0 Å². The van der Waals surface area contributed by atoms with Crippen molar-refractivity contribution in [2.24, 2.45) is 17.8 Å². The van der Waals surface area contributed by atoms with E-state index in [0.29, 0.717) is 19.0 Å². The van der Waals surface area contributed by atoms with Crippen LogP contribution < -0.4 is 9.64 Å². The number of halogens is 3. The lowest BCUT2D eigenvalue weighted by atomic mass is 9.81. The maximum Gasteiger partial charge on any atom is 0.419 e. The van der Waals surface area contributed by atoms with Crippen molar-refractivity contribution < 1.29 is 27.4 Å². The number of piperidine rings is 1. The Hall–Kier alpha value is -2.77. The van der Waals surface area contributed by atoms with E-state index < -0.39 is 11.7 Å². The molecule has 1 aliphatic carbocycles. The first-order valence-corrected chi connectivity index (χ1v) is 12.9. The zero-order valence-electron chi connectivity index (χ0n) is 20.8. The van der Waals surface area contributed by atoms with E-state index in [1.54, 1.807) is 4.90 Å². The van der Waals surface area contributed by atoms with Gasteiger partial charge in [-0.1, -0.05) is 19.1 Å². The number of esters is 1. The number of nitrogens with zero attached hydrogens (tertiary/aromatic N) is 2. The lowest BCUT2D eigenvalue weighted by molar-refractivity contribution is -0.145. The van der Waals surface area contributed by atoms with E-state index in [4.69, 9.17) is 9.47 Å². The number of ether oxygens (including phenoxy) is 2. The summed E-state index contributed by atoms with van der Waals surface area (Å²) in [6.45, 7) is 2.99. The van der Waals surface area contributed by atoms with Gasteiger partial charge in [0.25, 0.3) is 0 Å². The Labute approximate surface area is 210 Å². The average Bonchev–Trinajstić information content (AvgIpc) is 3.72. The zero-order valence-corrected chi connectivity index (χ0v) is 20.8. The fraction of sp³-hybridized carbons (Fsp3) is 0.571. The zero-order chi connectivity index (χ0) is 25.4. The quantitative estimate of drug-likeness (QED) is 0.453. The van der Waals surface area contributed by atoms with E-state index in [0.717, 1.165) is 55.9 Å². The maximum absolute atomic E-state index is 13.5. The van der Waals surface area contributed by atoms with Gasteiger partial charge in [-0.3, -0.25) is 4.79 Å². The summed E-state index contributed by atoms with van der Waals surface area (Å²) in [4.78, 5) is 18.1. The third-order valence-electron chi connectivity index (χ3n) is 8.15. The summed E-state index contributed by atoms with van der Waals surface area (Å²) in [7, 11) is 1.44. The molecule has 3 heterocycles. The molecule has 2 aliphatic heterocycles. The normalized spacial score (nSPS) is 22.4. The Kier molecular flexibility index (Phi) is 6.88. The van der Waals surface area contributed by atoms with Crippen LogP contribution in [0.5, 0.6) is 5.75 Å². The summed E-state index contributed by atoms with van der Waals surface area (Å²) < 4.78 is 51.9. The van der Waals surface area contributed by atoms with Crippen LogP contribution >= 0.6 is 0 Å². The molecular formula is C28H33F3N2O3. The average molecular weight is 503 g/mol. The number of carbonyl (C=O) groups excluding carboxylic acids is 1. The Morgan fingerprint density at radius 2 is 1.89 bits per heavy atom. The number of alkyl halides is 3. The lowest BCUT2D eigenvalue weighted by Crippen LogP contribution is -2.41.